The van der Waals surface area contributed by atoms with Crippen LogP contribution in [0.4, 0.5) is 0 Å². The summed E-state index contributed by atoms with van der Waals surface area (Å²) in [5.41, 5.74) is 0.889. The molecule has 0 bridgehead atoms. The number of fused-ring (bicyclic) bond motifs is 1. The molecular formula is C16H12O2S2. The number of thiophene rings is 1. The van der Waals surface area contributed by atoms with Crippen LogP contribution in [0, 0.1) is 0 Å². The first kappa shape index (κ1) is 13.2. The second-order valence-corrected chi connectivity index (χ2v) is 6.34. The van der Waals surface area contributed by atoms with E-state index in [4.69, 9.17) is 5.11 Å². The van der Waals surface area contributed by atoms with Gasteiger partial charge in [-0.15, -0.1) is 23.1 Å². The van der Waals surface area contributed by atoms with E-state index in [0.717, 1.165) is 10.5 Å². The zero-order valence-electron chi connectivity index (χ0n) is 10.6. The van der Waals surface area contributed by atoms with Crippen LogP contribution in [0.25, 0.3) is 10.8 Å². The molecule has 0 spiro atoms. The van der Waals surface area contributed by atoms with Crippen LogP contribution in [0.1, 0.15) is 15.2 Å². The number of carboxylic acid groups (broad SMARTS) is 1. The van der Waals surface area contributed by atoms with E-state index in [1.54, 1.807) is 11.8 Å². The molecule has 1 aromatic heterocycles. The summed E-state index contributed by atoms with van der Waals surface area (Å²) < 4.78 is 0. The van der Waals surface area contributed by atoms with E-state index >= 15 is 0 Å². The van der Waals surface area contributed by atoms with Gasteiger partial charge in [0.1, 0.15) is 4.88 Å². The summed E-state index contributed by atoms with van der Waals surface area (Å²) in [4.78, 5) is 12.7. The average molecular weight is 300 g/mol. The lowest BCUT2D eigenvalue weighted by Gasteiger charge is -2.04. The van der Waals surface area contributed by atoms with Crippen molar-refractivity contribution in [1.29, 1.82) is 0 Å². The van der Waals surface area contributed by atoms with Gasteiger partial charge in [-0.1, -0.05) is 30.3 Å². The second kappa shape index (κ2) is 5.69. The van der Waals surface area contributed by atoms with Crippen molar-refractivity contribution in [2.75, 3.05) is 0 Å². The number of carboxylic acids is 1. The van der Waals surface area contributed by atoms with E-state index < -0.39 is 5.97 Å². The molecule has 0 aliphatic rings. The van der Waals surface area contributed by atoms with E-state index in [9.17, 15) is 4.79 Å². The Morgan fingerprint density at radius 1 is 1.10 bits per heavy atom. The van der Waals surface area contributed by atoms with Gasteiger partial charge in [0, 0.05) is 10.6 Å². The molecule has 2 aromatic carbocycles. The monoisotopic (exact) mass is 300 g/mol. The van der Waals surface area contributed by atoms with E-state index in [-0.39, 0.29) is 0 Å². The molecule has 0 unspecified atom stereocenters. The van der Waals surface area contributed by atoms with Crippen molar-refractivity contribution in [1.82, 2.24) is 0 Å². The summed E-state index contributed by atoms with van der Waals surface area (Å²) in [5, 5.41) is 13.4. The lowest BCUT2D eigenvalue weighted by molar-refractivity contribution is 0.0701. The zero-order valence-corrected chi connectivity index (χ0v) is 12.2. The maximum Gasteiger partial charge on any atom is 0.346 e. The van der Waals surface area contributed by atoms with E-state index in [1.807, 2.05) is 23.6 Å². The maximum absolute atomic E-state index is 11.1. The third-order valence-corrected chi connectivity index (χ3v) is 5.04. The second-order valence-electron chi connectivity index (χ2n) is 4.38. The smallest absolute Gasteiger partial charge is 0.346 e. The van der Waals surface area contributed by atoms with Crippen LogP contribution in [0.5, 0.6) is 0 Å². The SMILES string of the molecule is O=C(O)c1sccc1CSc1ccc2ccccc2c1. The fourth-order valence-electron chi connectivity index (χ4n) is 2.06. The molecule has 0 aliphatic carbocycles. The lowest BCUT2D eigenvalue weighted by atomic mass is 10.1. The Hall–Kier alpha value is -1.78. The summed E-state index contributed by atoms with van der Waals surface area (Å²) in [7, 11) is 0. The number of aromatic carboxylic acids is 1. The van der Waals surface area contributed by atoms with Crippen LogP contribution in [0.2, 0.25) is 0 Å². The third-order valence-electron chi connectivity index (χ3n) is 3.06. The summed E-state index contributed by atoms with van der Waals surface area (Å²) in [6, 6.07) is 16.5. The van der Waals surface area contributed by atoms with Gasteiger partial charge in [0.25, 0.3) is 0 Å². The van der Waals surface area contributed by atoms with Gasteiger partial charge in [0.2, 0.25) is 0 Å². The van der Waals surface area contributed by atoms with Crippen LogP contribution >= 0.6 is 23.1 Å². The molecule has 1 heterocycles. The molecule has 20 heavy (non-hydrogen) atoms. The van der Waals surface area contributed by atoms with E-state index in [1.165, 1.54) is 22.1 Å². The number of carbonyl (C=O) groups is 1. The molecule has 3 rings (SSSR count). The highest BCUT2D eigenvalue weighted by Gasteiger charge is 2.11. The van der Waals surface area contributed by atoms with Crippen molar-refractivity contribution in [2.45, 2.75) is 10.6 Å². The molecule has 0 radical (unpaired) electrons. The van der Waals surface area contributed by atoms with E-state index in [0.29, 0.717) is 10.6 Å². The summed E-state index contributed by atoms with van der Waals surface area (Å²) in [6.07, 6.45) is 0. The van der Waals surface area contributed by atoms with Gasteiger partial charge in [0.15, 0.2) is 0 Å². The molecule has 1 N–H and O–H groups in total. The molecule has 100 valence electrons. The number of hydrogen-bond donors (Lipinski definition) is 1. The quantitative estimate of drug-likeness (QED) is 0.697. The first-order valence-corrected chi connectivity index (χ1v) is 8.02. The van der Waals surface area contributed by atoms with Crippen LogP contribution in [-0.2, 0) is 5.75 Å². The Morgan fingerprint density at radius 3 is 2.70 bits per heavy atom. The molecule has 0 amide bonds. The minimum absolute atomic E-state index is 0.443. The fourth-order valence-corrected chi connectivity index (χ4v) is 3.84. The van der Waals surface area contributed by atoms with Crippen molar-refractivity contribution in [2.24, 2.45) is 0 Å². The molecule has 0 aliphatic heterocycles. The number of rotatable bonds is 4. The largest absolute Gasteiger partial charge is 0.477 e. The molecule has 3 aromatic rings. The lowest BCUT2D eigenvalue weighted by Crippen LogP contribution is -1.96. The van der Waals surface area contributed by atoms with Crippen LogP contribution in [0.3, 0.4) is 0 Å². The summed E-state index contributed by atoms with van der Waals surface area (Å²) in [5.74, 6) is -0.155. The fraction of sp³-hybridized carbons (Fsp3) is 0.0625. The van der Waals surface area contributed by atoms with Gasteiger partial charge in [-0.25, -0.2) is 4.79 Å². The van der Waals surface area contributed by atoms with Crippen molar-refractivity contribution in [3.8, 4) is 0 Å². The molecular weight excluding hydrogens is 288 g/mol. The van der Waals surface area contributed by atoms with Gasteiger partial charge < -0.3 is 5.11 Å². The zero-order chi connectivity index (χ0) is 13.9. The topological polar surface area (TPSA) is 37.3 Å². The Bertz CT molecular complexity index is 762. The van der Waals surface area contributed by atoms with Gasteiger partial charge in [-0.3, -0.25) is 0 Å². The van der Waals surface area contributed by atoms with Crippen LogP contribution in [0.15, 0.2) is 58.8 Å². The van der Waals surface area contributed by atoms with Gasteiger partial charge in [-0.2, -0.15) is 0 Å². The van der Waals surface area contributed by atoms with Gasteiger partial charge in [-0.05, 0) is 39.9 Å². The number of thioether (sulfide) groups is 1. The molecule has 0 saturated carbocycles. The van der Waals surface area contributed by atoms with Crippen molar-refractivity contribution < 1.29 is 9.90 Å². The van der Waals surface area contributed by atoms with Crippen molar-refractivity contribution >= 4 is 39.8 Å². The highest BCUT2D eigenvalue weighted by Crippen LogP contribution is 2.29. The minimum atomic E-state index is -0.839. The maximum atomic E-state index is 11.1. The molecule has 2 nitrogen and oxygen atoms in total. The molecule has 0 atom stereocenters. The molecule has 0 fully saturated rings. The molecule has 0 saturated heterocycles. The number of benzene rings is 2. The normalized spacial score (nSPS) is 10.8. The van der Waals surface area contributed by atoms with Crippen LogP contribution < -0.4 is 0 Å². The van der Waals surface area contributed by atoms with Crippen LogP contribution in [-0.4, -0.2) is 11.1 Å². The highest BCUT2D eigenvalue weighted by atomic mass is 32.2. The van der Waals surface area contributed by atoms with Crippen molar-refractivity contribution in [3.63, 3.8) is 0 Å². The van der Waals surface area contributed by atoms with Crippen molar-refractivity contribution in [3.05, 3.63) is 64.4 Å². The third kappa shape index (κ3) is 2.71. The first-order chi connectivity index (χ1) is 9.74. The Morgan fingerprint density at radius 2 is 1.90 bits per heavy atom. The highest BCUT2D eigenvalue weighted by molar-refractivity contribution is 7.98. The predicted octanol–water partition coefficient (Wildman–Crippen LogP) is 4.89. The minimum Gasteiger partial charge on any atom is -0.477 e. The Labute approximate surface area is 125 Å². The predicted molar refractivity (Wildman–Crippen MR) is 84.8 cm³/mol. The van der Waals surface area contributed by atoms with E-state index in [2.05, 4.69) is 30.3 Å². The average Bonchev–Trinajstić information content (AvgIpc) is 2.93. The Kier molecular flexibility index (Phi) is 3.76. The Balaban J connectivity index is 1.79. The number of hydrogen-bond acceptors (Lipinski definition) is 3. The van der Waals surface area contributed by atoms with Gasteiger partial charge in [0.05, 0.1) is 0 Å². The van der Waals surface area contributed by atoms with Gasteiger partial charge >= 0.3 is 5.97 Å². The first-order valence-electron chi connectivity index (χ1n) is 6.15. The summed E-state index contributed by atoms with van der Waals surface area (Å²) in [6.45, 7) is 0. The standard InChI is InChI=1S/C16H12O2S2/c17-16(18)15-13(7-8-19-15)10-20-14-6-5-11-3-1-2-4-12(11)9-14/h1-9H,10H2,(H,17,18). The molecule has 4 heteroatoms. The summed E-state index contributed by atoms with van der Waals surface area (Å²) >= 11 is 2.95.